The summed E-state index contributed by atoms with van der Waals surface area (Å²) >= 11 is 0. The first-order valence-electron chi connectivity index (χ1n) is 5.16. The zero-order chi connectivity index (χ0) is 12.6. The van der Waals surface area contributed by atoms with Gasteiger partial charge in [-0.15, -0.1) is 0 Å². The van der Waals surface area contributed by atoms with Crippen molar-refractivity contribution >= 4 is 16.8 Å². The zero-order valence-corrected chi connectivity index (χ0v) is 9.65. The molecule has 1 aromatic heterocycles. The van der Waals surface area contributed by atoms with Crippen LogP contribution in [-0.2, 0) is 7.05 Å². The third-order valence-electron chi connectivity index (χ3n) is 2.75. The summed E-state index contributed by atoms with van der Waals surface area (Å²) in [5.41, 5.74) is 3.52. The summed E-state index contributed by atoms with van der Waals surface area (Å²) < 4.78 is 1.44. The Morgan fingerprint density at radius 2 is 2.06 bits per heavy atom. The van der Waals surface area contributed by atoms with E-state index in [1.807, 2.05) is 30.5 Å². The highest BCUT2D eigenvalue weighted by Gasteiger charge is 2.12. The summed E-state index contributed by atoms with van der Waals surface area (Å²) in [5, 5.41) is 0.839. The van der Waals surface area contributed by atoms with E-state index in [1.54, 1.807) is 13.1 Å². The number of aryl methyl sites for hydroxylation is 2. The molecule has 0 bridgehead atoms. The van der Waals surface area contributed by atoms with Gasteiger partial charge in [0.2, 0.25) is 0 Å². The molecule has 0 atom stereocenters. The molecule has 0 saturated heterocycles. The van der Waals surface area contributed by atoms with E-state index in [0.29, 0.717) is 0 Å². The van der Waals surface area contributed by atoms with Crippen molar-refractivity contribution in [1.29, 1.82) is 0 Å². The number of nitrogen functional groups attached to an aromatic ring is 1. The average molecular weight is 231 g/mol. The molecule has 2 aromatic rings. The van der Waals surface area contributed by atoms with Crippen LogP contribution in [0.2, 0.25) is 0 Å². The van der Waals surface area contributed by atoms with E-state index in [-0.39, 0.29) is 11.1 Å². The molecule has 5 nitrogen and oxygen atoms in total. The number of aromatic nitrogens is 1. The number of carbonyl (C=O) groups is 1. The summed E-state index contributed by atoms with van der Waals surface area (Å²) in [5.74, 6) is 4.47. The molecule has 1 amide bonds. The van der Waals surface area contributed by atoms with Crippen LogP contribution in [0.1, 0.15) is 15.9 Å². The molecule has 3 N–H and O–H groups in total. The Morgan fingerprint density at radius 1 is 1.35 bits per heavy atom. The zero-order valence-electron chi connectivity index (χ0n) is 9.65. The van der Waals surface area contributed by atoms with Crippen molar-refractivity contribution in [2.75, 3.05) is 0 Å². The molecule has 0 aliphatic rings. The van der Waals surface area contributed by atoms with Crippen LogP contribution in [0.25, 0.3) is 10.9 Å². The average Bonchev–Trinajstić information content (AvgIpc) is 2.32. The molecule has 1 heterocycles. The molecule has 0 fully saturated rings. The first-order chi connectivity index (χ1) is 8.04. The predicted molar refractivity (Wildman–Crippen MR) is 65.6 cm³/mol. The van der Waals surface area contributed by atoms with Gasteiger partial charge in [-0.2, -0.15) is 0 Å². The van der Waals surface area contributed by atoms with Gasteiger partial charge in [-0.05, 0) is 30.5 Å². The van der Waals surface area contributed by atoms with Crippen molar-refractivity contribution in [3.63, 3.8) is 0 Å². The number of fused-ring (bicyclic) bond motifs is 1. The third-order valence-corrected chi connectivity index (χ3v) is 2.75. The molecule has 0 saturated carbocycles. The number of carbonyl (C=O) groups excluding carboxylic acids is 1. The van der Waals surface area contributed by atoms with E-state index in [0.717, 1.165) is 16.5 Å². The highest BCUT2D eigenvalue weighted by Crippen LogP contribution is 2.14. The van der Waals surface area contributed by atoms with Crippen LogP contribution < -0.4 is 16.8 Å². The fourth-order valence-corrected chi connectivity index (χ4v) is 1.84. The van der Waals surface area contributed by atoms with Crippen molar-refractivity contribution in [2.24, 2.45) is 12.9 Å². The Labute approximate surface area is 97.8 Å². The quantitative estimate of drug-likeness (QED) is 0.425. The monoisotopic (exact) mass is 231 g/mol. The molecule has 2 rings (SSSR count). The first kappa shape index (κ1) is 11.3. The predicted octanol–water partition coefficient (Wildman–Crippen LogP) is 0.450. The maximum Gasteiger partial charge on any atom is 0.270 e. The second kappa shape index (κ2) is 4.03. The lowest BCUT2D eigenvalue weighted by molar-refractivity contribution is 0.0952. The molecule has 0 unspecified atom stereocenters. The van der Waals surface area contributed by atoms with Crippen LogP contribution in [0, 0.1) is 6.92 Å². The van der Waals surface area contributed by atoms with Gasteiger partial charge in [-0.25, -0.2) is 5.84 Å². The lowest BCUT2D eigenvalue weighted by Crippen LogP contribution is -2.36. The van der Waals surface area contributed by atoms with Gasteiger partial charge in [-0.1, -0.05) is 11.6 Å². The minimum Gasteiger partial charge on any atom is -0.311 e. The van der Waals surface area contributed by atoms with Gasteiger partial charge in [0.15, 0.2) is 0 Å². The summed E-state index contributed by atoms with van der Waals surface area (Å²) in [6, 6.07) is 7.26. The van der Waals surface area contributed by atoms with E-state index in [2.05, 4.69) is 0 Å². The molecule has 1 aromatic carbocycles. The van der Waals surface area contributed by atoms with Crippen molar-refractivity contribution in [2.45, 2.75) is 6.92 Å². The maximum atomic E-state index is 11.9. The van der Waals surface area contributed by atoms with Gasteiger partial charge in [-0.3, -0.25) is 15.0 Å². The Kier molecular flexibility index (Phi) is 2.69. The molecular weight excluding hydrogens is 218 g/mol. The number of rotatable bonds is 1. The van der Waals surface area contributed by atoms with Crippen LogP contribution in [0.3, 0.4) is 0 Å². The van der Waals surface area contributed by atoms with Crippen LogP contribution in [0.5, 0.6) is 0 Å². The smallest absolute Gasteiger partial charge is 0.270 e. The SMILES string of the molecule is Cc1ccc2c(c1)cc(C(=O)NN)c(=O)n2C. The van der Waals surface area contributed by atoms with E-state index in [1.165, 1.54) is 4.57 Å². The fraction of sp³-hybridized carbons (Fsp3) is 0.167. The van der Waals surface area contributed by atoms with Crippen molar-refractivity contribution < 1.29 is 4.79 Å². The van der Waals surface area contributed by atoms with Crippen LogP contribution in [0.4, 0.5) is 0 Å². The largest absolute Gasteiger partial charge is 0.311 e. The molecule has 0 aliphatic heterocycles. The molecule has 88 valence electrons. The van der Waals surface area contributed by atoms with Crippen molar-refractivity contribution in [1.82, 2.24) is 9.99 Å². The van der Waals surface area contributed by atoms with Crippen LogP contribution in [0.15, 0.2) is 29.1 Å². The third kappa shape index (κ3) is 1.81. The van der Waals surface area contributed by atoms with Gasteiger partial charge in [0.05, 0.1) is 5.52 Å². The Bertz CT molecular complexity index is 659. The van der Waals surface area contributed by atoms with Gasteiger partial charge in [0, 0.05) is 7.05 Å². The first-order valence-corrected chi connectivity index (χ1v) is 5.16. The normalized spacial score (nSPS) is 10.5. The summed E-state index contributed by atoms with van der Waals surface area (Å²) in [7, 11) is 1.63. The molecule has 0 radical (unpaired) electrons. The Balaban J connectivity index is 2.85. The number of pyridine rings is 1. The number of nitrogens with zero attached hydrogens (tertiary/aromatic N) is 1. The van der Waals surface area contributed by atoms with Crippen molar-refractivity contribution in [3.8, 4) is 0 Å². The second-order valence-electron chi connectivity index (χ2n) is 3.96. The Morgan fingerprint density at radius 3 is 2.71 bits per heavy atom. The minimum atomic E-state index is -0.575. The van der Waals surface area contributed by atoms with Gasteiger partial charge in [0.1, 0.15) is 5.56 Å². The van der Waals surface area contributed by atoms with Crippen LogP contribution in [-0.4, -0.2) is 10.5 Å². The second-order valence-corrected chi connectivity index (χ2v) is 3.96. The van der Waals surface area contributed by atoms with Gasteiger partial charge >= 0.3 is 0 Å². The topological polar surface area (TPSA) is 77.1 Å². The van der Waals surface area contributed by atoms with Crippen LogP contribution >= 0.6 is 0 Å². The number of amides is 1. The number of hydrogen-bond acceptors (Lipinski definition) is 3. The van der Waals surface area contributed by atoms with E-state index < -0.39 is 5.91 Å². The highest BCUT2D eigenvalue weighted by molar-refractivity contribution is 5.97. The lowest BCUT2D eigenvalue weighted by Gasteiger charge is -2.08. The Hall–Kier alpha value is -2.14. The number of hydrogen-bond donors (Lipinski definition) is 2. The number of benzene rings is 1. The number of nitrogens with two attached hydrogens (primary N) is 1. The molecular formula is C12H13N3O2. The van der Waals surface area contributed by atoms with E-state index >= 15 is 0 Å². The van der Waals surface area contributed by atoms with E-state index in [4.69, 9.17) is 5.84 Å². The summed E-state index contributed by atoms with van der Waals surface area (Å²) in [6.07, 6.45) is 0. The molecule has 0 spiro atoms. The van der Waals surface area contributed by atoms with E-state index in [9.17, 15) is 9.59 Å². The van der Waals surface area contributed by atoms with Gasteiger partial charge in [0.25, 0.3) is 11.5 Å². The lowest BCUT2D eigenvalue weighted by atomic mass is 10.1. The molecule has 17 heavy (non-hydrogen) atoms. The van der Waals surface area contributed by atoms with Crippen molar-refractivity contribution in [3.05, 3.63) is 45.7 Å². The summed E-state index contributed by atoms with van der Waals surface area (Å²) in [4.78, 5) is 23.4. The standard InChI is InChI=1S/C12H13N3O2/c1-7-3-4-10-8(5-7)6-9(11(16)14-13)12(17)15(10)2/h3-6H,13H2,1-2H3,(H,14,16). The molecule has 5 heteroatoms. The maximum absolute atomic E-state index is 11.9. The van der Waals surface area contributed by atoms with Gasteiger partial charge < -0.3 is 4.57 Å². The fourth-order valence-electron chi connectivity index (χ4n) is 1.84. The number of nitrogens with one attached hydrogen (secondary N) is 1. The number of hydrazine groups is 1. The molecule has 0 aliphatic carbocycles. The summed E-state index contributed by atoms with van der Waals surface area (Å²) in [6.45, 7) is 1.95. The highest BCUT2D eigenvalue weighted by atomic mass is 16.2. The minimum absolute atomic E-state index is 0.0492.